The van der Waals surface area contributed by atoms with E-state index in [0.717, 1.165) is 0 Å². The Morgan fingerprint density at radius 3 is 2.82 bits per heavy atom. The monoisotopic (exact) mass is 309 g/mol. The highest BCUT2D eigenvalue weighted by Gasteiger charge is 2.29. The van der Waals surface area contributed by atoms with Crippen LogP contribution >= 0.6 is 0 Å². The largest absolute Gasteiger partial charge is 0.486 e. The summed E-state index contributed by atoms with van der Waals surface area (Å²) in [6.45, 7) is 2.11. The number of nitrogens with zero attached hydrogens (tertiary/aromatic N) is 1. The summed E-state index contributed by atoms with van der Waals surface area (Å²) in [7, 11) is 0. The molecule has 2 heterocycles. The number of aliphatic hydroxyl groups is 1. The number of rotatable bonds is 3. The van der Waals surface area contributed by atoms with Gasteiger partial charge in [0.2, 0.25) is 0 Å². The molecular formula is C15H19NO6. The van der Waals surface area contributed by atoms with Crippen LogP contribution in [0.2, 0.25) is 0 Å². The number of amides is 1. The summed E-state index contributed by atoms with van der Waals surface area (Å²) in [5.74, 6) is 1.23. The fourth-order valence-electron chi connectivity index (χ4n) is 2.33. The predicted molar refractivity (Wildman–Crippen MR) is 76.1 cm³/mol. The van der Waals surface area contributed by atoms with Crippen molar-refractivity contribution in [3.8, 4) is 11.5 Å². The third-order valence-electron chi connectivity index (χ3n) is 3.61. The van der Waals surface area contributed by atoms with Crippen LogP contribution in [0.25, 0.3) is 0 Å². The average Bonchev–Trinajstić information content (AvgIpc) is 2.59. The van der Waals surface area contributed by atoms with Gasteiger partial charge in [0, 0.05) is 13.1 Å². The third-order valence-corrected chi connectivity index (χ3v) is 3.61. The van der Waals surface area contributed by atoms with Crippen molar-refractivity contribution in [2.24, 2.45) is 0 Å². The number of morpholine rings is 1. The molecule has 0 spiro atoms. The number of benzene rings is 1. The Balaban J connectivity index is 1.48. The Labute approximate surface area is 128 Å². The zero-order valence-corrected chi connectivity index (χ0v) is 12.1. The van der Waals surface area contributed by atoms with Gasteiger partial charge in [-0.15, -0.1) is 0 Å². The van der Waals surface area contributed by atoms with Gasteiger partial charge in [0.1, 0.15) is 19.3 Å². The molecule has 0 radical (unpaired) electrons. The first kappa shape index (κ1) is 14.9. The minimum absolute atomic E-state index is 0.133. The highest BCUT2D eigenvalue weighted by molar-refractivity contribution is 5.67. The molecule has 120 valence electrons. The first-order valence-corrected chi connectivity index (χ1v) is 7.30. The molecule has 1 N–H and O–H groups in total. The fourth-order valence-corrected chi connectivity index (χ4v) is 2.33. The van der Waals surface area contributed by atoms with Crippen LogP contribution in [-0.2, 0) is 9.47 Å². The van der Waals surface area contributed by atoms with Crippen LogP contribution in [0.1, 0.15) is 0 Å². The molecule has 0 bridgehead atoms. The van der Waals surface area contributed by atoms with Gasteiger partial charge in [0.05, 0.1) is 13.2 Å². The Bertz CT molecular complexity index is 517. The molecule has 7 heteroatoms. The average molecular weight is 309 g/mol. The van der Waals surface area contributed by atoms with Crippen molar-refractivity contribution in [3.63, 3.8) is 0 Å². The van der Waals surface area contributed by atoms with Gasteiger partial charge >= 0.3 is 6.09 Å². The van der Waals surface area contributed by atoms with Crippen LogP contribution < -0.4 is 9.47 Å². The van der Waals surface area contributed by atoms with Crippen LogP contribution in [-0.4, -0.2) is 67.8 Å². The molecular weight excluding hydrogens is 290 g/mol. The van der Waals surface area contributed by atoms with E-state index in [1.165, 1.54) is 0 Å². The highest BCUT2D eigenvalue weighted by Crippen LogP contribution is 2.31. The molecule has 1 amide bonds. The van der Waals surface area contributed by atoms with Crippen LogP contribution in [0, 0.1) is 0 Å². The molecule has 1 fully saturated rings. The van der Waals surface area contributed by atoms with Crippen LogP contribution in [0.3, 0.4) is 0 Å². The van der Waals surface area contributed by atoms with Crippen LogP contribution in [0.5, 0.6) is 11.5 Å². The van der Waals surface area contributed by atoms with Crippen molar-refractivity contribution in [2.75, 3.05) is 39.5 Å². The topological polar surface area (TPSA) is 77.5 Å². The van der Waals surface area contributed by atoms with Crippen molar-refractivity contribution >= 4 is 6.09 Å². The molecule has 0 aliphatic carbocycles. The van der Waals surface area contributed by atoms with E-state index in [1.807, 2.05) is 12.1 Å². The molecule has 1 saturated heterocycles. The zero-order valence-electron chi connectivity index (χ0n) is 12.1. The number of hydrogen-bond acceptors (Lipinski definition) is 6. The van der Waals surface area contributed by atoms with Gasteiger partial charge in [-0.3, -0.25) is 0 Å². The van der Waals surface area contributed by atoms with E-state index in [9.17, 15) is 9.90 Å². The lowest BCUT2D eigenvalue weighted by atomic mass is 10.2. The lowest BCUT2D eigenvalue weighted by Crippen LogP contribution is -2.45. The molecule has 2 atom stereocenters. The van der Waals surface area contributed by atoms with Gasteiger partial charge in [0.15, 0.2) is 17.6 Å². The van der Waals surface area contributed by atoms with Gasteiger partial charge in [0.25, 0.3) is 0 Å². The van der Waals surface area contributed by atoms with Gasteiger partial charge < -0.3 is 29.0 Å². The summed E-state index contributed by atoms with van der Waals surface area (Å²) in [6, 6.07) is 7.25. The molecule has 2 unspecified atom stereocenters. The standard InChI is InChI=1S/C15H19NO6/c17-11(9-21-15(18)16-5-7-19-8-6-16)14-10-20-12-3-1-2-4-13(12)22-14/h1-4,11,14,17H,5-10H2. The zero-order chi connectivity index (χ0) is 15.4. The van der Waals surface area contributed by atoms with Crippen LogP contribution in [0.4, 0.5) is 4.79 Å². The summed E-state index contributed by atoms with van der Waals surface area (Å²) in [5, 5.41) is 10.1. The molecule has 22 heavy (non-hydrogen) atoms. The second-order valence-corrected chi connectivity index (χ2v) is 5.16. The Hall–Kier alpha value is -1.99. The summed E-state index contributed by atoms with van der Waals surface area (Å²) in [6.07, 6.45) is -1.95. The number of hydrogen-bond donors (Lipinski definition) is 1. The minimum atomic E-state index is -0.946. The van der Waals surface area contributed by atoms with E-state index >= 15 is 0 Å². The van der Waals surface area contributed by atoms with Gasteiger partial charge in [-0.05, 0) is 12.1 Å². The minimum Gasteiger partial charge on any atom is -0.486 e. The number of para-hydroxylation sites is 2. The molecule has 2 aliphatic heterocycles. The second-order valence-electron chi connectivity index (χ2n) is 5.16. The number of ether oxygens (including phenoxy) is 4. The number of fused-ring (bicyclic) bond motifs is 1. The van der Waals surface area contributed by atoms with Crippen molar-refractivity contribution < 1.29 is 28.8 Å². The molecule has 7 nitrogen and oxygen atoms in total. The van der Waals surface area contributed by atoms with E-state index in [1.54, 1.807) is 17.0 Å². The molecule has 0 saturated carbocycles. The maximum Gasteiger partial charge on any atom is 0.410 e. The maximum atomic E-state index is 11.8. The summed E-state index contributed by atoms with van der Waals surface area (Å²) in [4.78, 5) is 13.4. The van der Waals surface area contributed by atoms with Crippen molar-refractivity contribution in [2.45, 2.75) is 12.2 Å². The van der Waals surface area contributed by atoms with E-state index in [0.29, 0.717) is 37.8 Å². The lowest BCUT2D eigenvalue weighted by Gasteiger charge is -2.30. The molecule has 3 rings (SSSR count). The SMILES string of the molecule is O=C(OCC(O)C1COc2ccccc2O1)N1CCOCC1. The maximum absolute atomic E-state index is 11.8. The van der Waals surface area contributed by atoms with Crippen molar-refractivity contribution in [3.05, 3.63) is 24.3 Å². The summed E-state index contributed by atoms with van der Waals surface area (Å²) >= 11 is 0. The summed E-state index contributed by atoms with van der Waals surface area (Å²) < 4.78 is 21.5. The van der Waals surface area contributed by atoms with Crippen molar-refractivity contribution in [1.29, 1.82) is 0 Å². The Morgan fingerprint density at radius 2 is 2.05 bits per heavy atom. The smallest absolute Gasteiger partial charge is 0.410 e. The predicted octanol–water partition coefficient (Wildman–Crippen LogP) is 0.656. The Morgan fingerprint density at radius 1 is 1.32 bits per heavy atom. The molecule has 1 aromatic carbocycles. The Kier molecular flexibility index (Phi) is 4.65. The normalized spacial score (nSPS) is 22.0. The van der Waals surface area contributed by atoms with Gasteiger partial charge in [-0.1, -0.05) is 12.1 Å². The van der Waals surface area contributed by atoms with E-state index in [-0.39, 0.29) is 13.2 Å². The second kappa shape index (κ2) is 6.85. The fraction of sp³-hybridized carbons (Fsp3) is 0.533. The number of carbonyl (C=O) groups is 1. The van der Waals surface area contributed by atoms with E-state index < -0.39 is 18.3 Å². The quantitative estimate of drug-likeness (QED) is 0.883. The molecule has 1 aromatic rings. The lowest BCUT2D eigenvalue weighted by molar-refractivity contribution is -0.0459. The third kappa shape index (κ3) is 3.42. The molecule has 2 aliphatic rings. The highest BCUT2D eigenvalue weighted by atomic mass is 16.6. The van der Waals surface area contributed by atoms with Crippen molar-refractivity contribution in [1.82, 2.24) is 4.90 Å². The van der Waals surface area contributed by atoms with Gasteiger partial charge in [-0.25, -0.2) is 4.79 Å². The van der Waals surface area contributed by atoms with E-state index in [2.05, 4.69) is 0 Å². The van der Waals surface area contributed by atoms with E-state index in [4.69, 9.17) is 18.9 Å². The van der Waals surface area contributed by atoms with Gasteiger partial charge in [-0.2, -0.15) is 0 Å². The number of aliphatic hydroxyl groups excluding tert-OH is 1. The first-order chi connectivity index (χ1) is 10.7. The first-order valence-electron chi connectivity index (χ1n) is 7.30. The summed E-state index contributed by atoms with van der Waals surface area (Å²) in [5.41, 5.74) is 0. The number of carbonyl (C=O) groups excluding carboxylic acids is 1. The van der Waals surface area contributed by atoms with Crippen LogP contribution in [0.15, 0.2) is 24.3 Å². The molecule has 0 aromatic heterocycles.